The first kappa shape index (κ1) is 23.0. The van der Waals surface area contributed by atoms with Crippen molar-refractivity contribution in [2.75, 3.05) is 29.6 Å². The maximum absolute atomic E-state index is 13.3. The first-order chi connectivity index (χ1) is 14.1. The van der Waals surface area contributed by atoms with Crippen LogP contribution < -0.4 is 10.2 Å². The van der Waals surface area contributed by atoms with Crippen LogP contribution >= 0.6 is 23.4 Å². The number of amides is 1. The van der Waals surface area contributed by atoms with Crippen molar-refractivity contribution in [3.8, 4) is 0 Å². The maximum Gasteiger partial charge on any atom is 0.259 e. The first-order valence-electron chi connectivity index (χ1n) is 10.5. The summed E-state index contributed by atoms with van der Waals surface area (Å²) in [5.74, 6) is 1.27. The molecule has 0 unspecified atom stereocenters. The minimum atomic E-state index is -0.159. The topological polar surface area (TPSA) is 45.2 Å². The number of carbonyl (C=O) groups excluding carboxylic acids is 1. The Balaban J connectivity index is 1.92. The number of carbonyl (C=O) groups is 1. The second-order valence-corrected chi connectivity index (χ2v) is 10.4. The number of rotatable bonds is 4. The number of nitrogens with one attached hydrogen (secondary N) is 1. The molecule has 0 saturated carbocycles. The fourth-order valence-electron chi connectivity index (χ4n) is 4.17. The van der Waals surface area contributed by atoms with E-state index >= 15 is 0 Å². The van der Waals surface area contributed by atoms with E-state index in [4.69, 9.17) is 16.6 Å². The van der Waals surface area contributed by atoms with Gasteiger partial charge in [-0.1, -0.05) is 38.4 Å². The Labute approximate surface area is 189 Å². The number of anilines is 2. The van der Waals surface area contributed by atoms with Crippen molar-refractivity contribution in [1.82, 2.24) is 4.98 Å². The second-order valence-electron chi connectivity index (χ2n) is 9.15. The van der Waals surface area contributed by atoms with Crippen molar-refractivity contribution in [2.45, 2.75) is 52.4 Å². The number of benzene rings is 1. The Morgan fingerprint density at radius 2 is 1.90 bits per heavy atom. The summed E-state index contributed by atoms with van der Waals surface area (Å²) < 4.78 is 0. The van der Waals surface area contributed by atoms with Gasteiger partial charge in [0, 0.05) is 23.7 Å². The third kappa shape index (κ3) is 4.94. The smallest absolute Gasteiger partial charge is 0.259 e. The summed E-state index contributed by atoms with van der Waals surface area (Å²) in [6, 6.07) is 7.87. The summed E-state index contributed by atoms with van der Waals surface area (Å²) in [5, 5.41) is 3.62. The molecule has 30 heavy (non-hydrogen) atoms. The molecule has 1 aromatic heterocycles. The Morgan fingerprint density at radius 1 is 1.23 bits per heavy atom. The standard InChI is InChI=1S/C24H32ClN3OS/c1-15-20(23(29)27-18-8-7-9-19(14-18)30-6)22(26-16(2)21(15)25)28-12-10-17(11-13-28)24(3,4)5/h7-9,14,17H,10-13H2,1-6H3,(H,27,29). The minimum Gasteiger partial charge on any atom is -0.356 e. The fraction of sp³-hybridized carbons (Fsp3) is 0.500. The highest BCUT2D eigenvalue weighted by Gasteiger charge is 2.31. The molecule has 1 aliphatic heterocycles. The summed E-state index contributed by atoms with van der Waals surface area (Å²) in [5.41, 5.74) is 3.21. The number of hydrogen-bond donors (Lipinski definition) is 1. The number of piperidine rings is 1. The summed E-state index contributed by atoms with van der Waals surface area (Å²) in [7, 11) is 0. The van der Waals surface area contributed by atoms with Gasteiger partial charge in [-0.15, -0.1) is 11.8 Å². The zero-order chi connectivity index (χ0) is 22.1. The van der Waals surface area contributed by atoms with Crippen molar-refractivity contribution in [2.24, 2.45) is 11.3 Å². The van der Waals surface area contributed by atoms with Gasteiger partial charge in [-0.25, -0.2) is 4.98 Å². The molecule has 3 rings (SSSR count). The fourth-order valence-corrected chi connectivity index (χ4v) is 4.76. The number of aryl methyl sites for hydroxylation is 1. The highest BCUT2D eigenvalue weighted by Crippen LogP contribution is 2.37. The molecular weight excluding hydrogens is 414 g/mol. The van der Waals surface area contributed by atoms with Crippen LogP contribution in [0.2, 0.25) is 5.02 Å². The second kappa shape index (κ2) is 9.19. The van der Waals surface area contributed by atoms with E-state index < -0.39 is 0 Å². The van der Waals surface area contributed by atoms with Crippen molar-refractivity contribution >= 4 is 40.8 Å². The molecule has 0 aliphatic carbocycles. The van der Waals surface area contributed by atoms with Crippen molar-refractivity contribution < 1.29 is 4.79 Å². The number of pyridine rings is 1. The normalized spacial score (nSPS) is 15.4. The highest BCUT2D eigenvalue weighted by atomic mass is 35.5. The van der Waals surface area contributed by atoms with Gasteiger partial charge in [0.05, 0.1) is 16.3 Å². The lowest BCUT2D eigenvalue weighted by Crippen LogP contribution is -2.39. The summed E-state index contributed by atoms with van der Waals surface area (Å²) in [6.07, 6.45) is 4.22. The van der Waals surface area contributed by atoms with Crippen LogP contribution in [0.25, 0.3) is 0 Å². The van der Waals surface area contributed by atoms with Crippen molar-refractivity contribution in [3.05, 3.63) is 46.1 Å². The Morgan fingerprint density at radius 3 is 2.50 bits per heavy atom. The van der Waals surface area contributed by atoms with E-state index in [0.29, 0.717) is 21.9 Å². The molecule has 1 N–H and O–H groups in total. The zero-order valence-electron chi connectivity index (χ0n) is 18.8. The van der Waals surface area contributed by atoms with E-state index in [0.717, 1.165) is 53.6 Å². The summed E-state index contributed by atoms with van der Waals surface area (Å²) in [6.45, 7) is 12.5. The molecule has 1 aromatic carbocycles. The molecule has 2 heterocycles. The molecule has 1 saturated heterocycles. The Bertz CT molecular complexity index is 931. The number of nitrogens with zero attached hydrogens (tertiary/aromatic N) is 2. The molecular formula is C24H32ClN3OS. The largest absolute Gasteiger partial charge is 0.356 e. The van der Waals surface area contributed by atoms with Gasteiger partial charge < -0.3 is 10.2 Å². The lowest BCUT2D eigenvalue weighted by atomic mass is 9.75. The van der Waals surface area contributed by atoms with E-state index in [2.05, 4.69) is 31.0 Å². The molecule has 2 aromatic rings. The minimum absolute atomic E-state index is 0.159. The highest BCUT2D eigenvalue weighted by molar-refractivity contribution is 7.98. The van der Waals surface area contributed by atoms with Gasteiger partial charge in [-0.3, -0.25) is 4.79 Å². The molecule has 1 aliphatic rings. The van der Waals surface area contributed by atoms with Gasteiger partial charge in [0.1, 0.15) is 5.82 Å². The zero-order valence-corrected chi connectivity index (χ0v) is 20.4. The van der Waals surface area contributed by atoms with E-state index in [1.807, 2.05) is 44.4 Å². The van der Waals surface area contributed by atoms with Gasteiger partial charge in [0.2, 0.25) is 0 Å². The predicted molar refractivity (Wildman–Crippen MR) is 129 cm³/mol. The van der Waals surface area contributed by atoms with Gasteiger partial charge in [-0.05, 0) is 68.0 Å². The van der Waals surface area contributed by atoms with Crippen LogP contribution in [0, 0.1) is 25.2 Å². The first-order valence-corrected chi connectivity index (χ1v) is 12.1. The lowest BCUT2D eigenvalue weighted by Gasteiger charge is -2.40. The predicted octanol–water partition coefficient (Wildman–Crippen LogP) is 6.59. The monoisotopic (exact) mass is 445 g/mol. The molecule has 162 valence electrons. The SMILES string of the molecule is CSc1cccc(NC(=O)c2c(N3CCC(C(C)(C)C)CC3)nc(C)c(Cl)c2C)c1. The number of halogens is 1. The van der Waals surface area contributed by atoms with Crippen LogP contribution in [0.4, 0.5) is 11.5 Å². The molecule has 1 amide bonds. The molecule has 0 radical (unpaired) electrons. The quantitative estimate of drug-likeness (QED) is 0.539. The number of aromatic nitrogens is 1. The summed E-state index contributed by atoms with van der Waals surface area (Å²) >= 11 is 8.16. The molecule has 1 fully saturated rings. The van der Waals surface area contributed by atoms with Gasteiger partial charge >= 0.3 is 0 Å². The third-order valence-corrected chi connectivity index (χ3v) is 7.38. The van der Waals surface area contributed by atoms with Crippen LogP contribution in [0.3, 0.4) is 0 Å². The Kier molecular flexibility index (Phi) is 7.03. The van der Waals surface area contributed by atoms with Crippen LogP contribution in [-0.4, -0.2) is 30.2 Å². The molecule has 0 spiro atoms. The average Bonchev–Trinajstić information content (AvgIpc) is 2.71. The maximum atomic E-state index is 13.3. The third-order valence-electron chi connectivity index (χ3n) is 6.09. The van der Waals surface area contributed by atoms with E-state index in [-0.39, 0.29) is 5.91 Å². The summed E-state index contributed by atoms with van der Waals surface area (Å²) in [4.78, 5) is 21.5. The van der Waals surface area contributed by atoms with Crippen LogP contribution in [0.5, 0.6) is 0 Å². The van der Waals surface area contributed by atoms with E-state index in [9.17, 15) is 4.79 Å². The van der Waals surface area contributed by atoms with Crippen LogP contribution in [0.1, 0.15) is 55.2 Å². The lowest BCUT2D eigenvalue weighted by molar-refractivity contribution is 0.102. The van der Waals surface area contributed by atoms with Crippen molar-refractivity contribution in [3.63, 3.8) is 0 Å². The van der Waals surface area contributed by atoms with Crippen LogP contribution in [-0.2, 0) is 0 Å². The number of hydrogen-bond acceptors (Lipinski definition) is 4. The van der Waals surface area contributed by atoms with Gasteiger partial charge in [0.15, 0.2) is 0 Å². The van der Waals surface area contributed by atoms with Crippen LogP contribution in [0.15, 0.2) is 29.2 Å². The number of thioether (sulfide) groups is 1. The van der Waals surface area contributed by atoms with E-state index in [1.165, 1.54) is 0 Å². The molecule has 6 heteroatoms. The molecule has 0 atom stereocenters. The van der Waals surface area contributed by atoms with Crippen molar-refractivity contribution in [1.29, 1.82) is 0 Å². The Hall–Kier alpha value is -1.72. The molecule has 4 nitrogen and oxygen atoms in total. The van der Waals surface area contributed by atoms with Gasteiger partial charge in [-0.2, -0.15) is 0 Å². The van der Waals surface area contributed by atoms with E-state index in [1.54, 1.807) is 11.8 Å². The van der Waals surface area contributed by atoms with Gasteiger partial charge in [0.25, 0.3) is 5.91 Å². The average molecular weight is 446 g/mol. The molecule has 0 bridgehead atoms.